The predicted octanol–water partition coefficient (Wildman–Crippen LogP) is 1.15. The quantitative estimate of drug-likeness (QED) is 0.651. The normalized spacial score (nSPS) is 9.56. The zero-order valence-corrected chi connectivity index (χ0v) is 6.70. The van der Waals surface area contributed by atoms with E-state index in [1.807, 2.05) is 19.1 Å². The molecule has 0 radical (unpaired) electrons. The van der Waals surface area contributed by atoms with Crippen LogP contribution in [0, 0.1) is 6.92 Å². The third kappa shape index (κ3) is 1.42. The van der Waals surface area contributed by atoms with E-state index >= 15 is 0 Å². The molecule has 0 aliphatic heterocycles. The Labute approximate surface area is 62.2 Å². The van der Waals surface area contributed by atoms with Crippen LogP contribution in [0.4, 0.5) is 5.82 Å². The Bertz CT molecular complexity index is 222. The van der Waals surface area contributed by atoms with E-state index < -0.39 is 0 Å². The molecule has 0 bridgehead atoms. The Hall–Kier alpha value is -0.570. The van der Waals surface area contributed by atoms with Crippen LogP contribution in [0.2, 0.25) is 0 Å². The number of halogens is 1. The summed E-state index contributed by atoms with van der Waals surface area (Å²) in [7, 11) is 0. The lowest BCUT2D eigenvalue weighted by molar-refractivity contribution is -0.370. The Morgan fingerprint density at radius 3 is 2.67 bits per heavy atom. The lowest BCUT2D eigenvalue weighted by atomic mass is 10.4. The zero-order valence-electron chi connectivity index (χ0n) is 5.11. The van der Waals surface area contributed by atoms with Crippen LogP contribution in [0.25, 0.3) is 0 Å². The third-order valence-electron chi connectivity index (χ3n) is 1.07. The van der Waals surface area contributed by atoms with E-state index in [1.54, 1.807) is 0 Å². The van der Waals surface area contributed by atoms with Crippen molar-refractivity contribution in [2.45, 2.75) is 6.92 Å². The van der Waals surface area contributed by atoms with Crippen molar-refractivity contribution < 1.29 is 4.98 Å². The fourth-order valence-electron chi connectivity index (χ4n) is 0.602. The van der Waals surface area contributed by atoms with Crippen LogP contribution < -0.4 is 10.7 Å². The van der Waals surface area contributed by atoms with E-state index in [2.05, 4.69) is 20.9 Å². The molecule has 0 aromatic carbocycles. The smallest absolute Gasteiger partial charge is 0.284 e. The van der Waals surface area contributed by atoms with Crippen LogP contribution >= 0.6 is 15.9 Å². The number of aromatic amines is 1. The molecule has 3 N–H and O–H groups in total. The van der Waals surface area contributed by atoms with Gasteiger partial charge >= 0.3 is 0 Å². The van der Waals surface area contributed by atoms with Gasteiger partial charge in [0.15, 0.2) is 0 Å². The maximum atomic E-state index is 5.52. The third-order valence-corrected chi connectivity index (χ3v) is 1.76. The number of H-pyrrole nitrogens is 1. The molecule has 0 atom stereocenters. The van der Waals surface area contributed by atoms with Crippen LogP contribution in [-0.2, 0) is 0 Å². The van der Waals surface area contributed by atoms with E-state index in [9.17, 15) is 0 Å². The molecule has 9 heavy (non-hydrogen) atoms. The molecule has 0 spiro atoms. The van der Waals surface area contributed by atoms with E-state index in [0.29, 0.717) is 5.82 Å². The monoisotopic (exact) mass is 187 g/mol. The fourth-order valence-corrected chi connectivity index (χ4v) is 0.833. The van der Waals surface area contributed by atoms with Crippen molar-refractivity contribution in [2.75, 3.05) is 5.73 Å². The summed E-state index contributed by atoms with van der Waals surface area (Å²) in [5.74, 6) is 0.676. The molecule has 48 valence electrons. The summed E-state index contributed by atoms with van der Waals surface area (Å²) in [6, 6.07) is 3.88. The van der Waals surface area contributed by atoms with E-state index in [-0.39, 0.29) is 0 Å². The highest BCUT2D eigenvalue weighted by Gasteiger charge is 1.99. The van der Waals surface area contributed by atoms with Gasteiger partial charge in [-0.2, -0.15) is 0 Å². The topological polar surface area (TPSA) is 40.2 Å². The van der Waals surface area contributed by atoms with Gasteiger partial charge in [-0.15, -0.1) is 0 Å². The van der Waals surface area contributed by atoms with Crippen molar-refractivity contribution in [1.29, 1.82) is 0 Å². The van der Waals surface area contributed by atoms with Gasteiger partial charge in [0.1, 0.15) is 4.47 Å². The number of hydrogen-bond acceptors (Lipinski definition) is 1. The molecule has 0 amide bonds. The first kappa shape index (κ1) is 6.55. The number of anilines is 1. The molecule has 0 unspecified atom stereocenters. The Balaban J connectivity index is 3.17. The molecule has 3 heteroatoms. The first-order chi connectivity index (χ1) is 4.20. The Kier molecular flexibility index (Phi) is 1.71. The highest BCUT2D eigenvalue weighted by molar-refractivity contribution is 9.10. The first-order valence-electron chi connectivity index (χ1n) is 2.64. The molecule has 0 fully saturated rings. The van der Waals surface area contributed by atoms with Crippen molar-refractivity contribution in [2.24, 2.45) is 0 Å². The van der Waals surface area contributed by atoms with Gasteiger partial charge in [0.2, 0.25) is 0 Å². The molecular formula is C6H8BrN2+. The number of nitrogens with two attached hydrogens (primary N) is 1. The van der Waals surface area contributed by atoms with Crippen LogP contribution in [0.1, 0.15) is 5.69 Å². The predicted molar refractivity (Wildman–Crippen MR) is 39.8 cm³/mol. The molecule has 1 rings (SSSR count). The first-order valence-corrected chi connectivity index (χ1v) is 3.43. The second-order valence-electron chi connectivity index (χ2n) is 1.90. The number of aromatic nitrogens is 1. The summed E-state index contributed by atoms with van der Waals surface area (Å²) in [6.07, 6.45) is 0. The molecule has 1 aromatic heterocycles. The average molecular weight is 188 g/mol. The number of nitrogens with one attached hydrogen (secondary N) is 1. The molecule has 0 aliphatic carbocycles. The van der Waals surface area contributed by atoms with Crippen molar-refractivity contribution >= 4 is 21.7 Å². The summed E-state index contributed by atoms with van der Waals surface area (Å²) in [5, 5.41) is 0. The molecule has 0 saturated heterocycles. The van der Waals surface area contributed by atoms with Crippen LogP contribution in [0.15, 0.2) is 16.6 Å². The molecule has 1 heterocycles. The van der Waals surface area contributed by atoms with Gasteiger partial charge in [-0.25, -0.2) is 4.98 Å². The number of nitrogen functional groups attached to an aromatic ring is 1. The van der Waals surface area contributed by atoms with Crippen LogP contribution in [-0.4, -0.2) is 0 Å². The highest BCUT2D eigenvalue weighted by atomic mass is 79.9. The van der Waals surface area contributed by atoms with Gasteiger partial charge in [-0.1, -0.05) is 0 Å². The number of rotatable bonds is 0. The largest absolute Gasteiger partial charge is 0.286 e. The standard InChI is InChI=1S/C6H7BrN2/c1-4-2-3-5(7)6(8)9-4/h2-3H,1H3,(H2,8,9)/p+1. The second kappa shape index (κ2) is 2.35. The molecule has 0 saturated carbocycles. The van der Waals surface area contributed by atoms with E-state index in [1.165, 1.54) is 0 Å². The molecular weight excluding hydrogens is 180 g/mol. The second-order valence-corrected chi connectivity index (χ2v) is 2.76. The van der Waals surface area contributed by atoms with Crippen LogP contribution in [0.5, 0.6) is 0 Å². The van der Waals surface area contributed by atoms with Gasteiger partial charge in [0.05, 0.1) is 5.69 Å². The summed E-state index contributed by atoms with van der Waals surface area (Å²) in [5.41, 5.74) is 6.58. The number of hydrogen-bond donors (Lipinski definition) is 1. The maximum Gasteiger partial charge on any atom is 0.284 e. The summed E-state index contributed by atoms with van der Waals surface area (Å²) in [4.78, 5) is 2.97. The average Bonchev–Trinajstić information content (AvgIpc) is 1.80. The summed E-state index contributed by atoms with van der Waals surface area (Å²) < 4.78 is 0.910. The minimum absolute atomic E-state index is 0.676. The van der Waals surface area contributed by atoms with Crippen molar-refractivity contribution in [3.8, 4) is 0 Å². The van der Waals surface area contributed by atoms with Crippen molar-refractivity contribution in [3.05, 3.63) is 22.3 Å². The number of aryl methyl sites for hydroxylation is 1. The lowest BCUT2D eigenvalue weighted by Crippen LogP contribution is -2.13. The van der Waals surface area contributed by atoms with Gasteiger partial charge in [0, 0.05) is 0 Å². The summed E-state index contributed by atoms with van der Waals surface area (Å²) in [6.45, 7) is 1.96. The lowest BCUT2D eigenvalue weighted by Gasteiger charge is -1.90. The van der Waals surface area contributed by atoms with Crippen molar-refractivity contribution in [1.82, 2.24) is 0 Å². The van der Waals surface area contributed by atoms with Gasteiger partial charge in [0.25, 0.3) is 5.82 Å². The maximum absolute atomic E-state index is 5.52. The molecule has 1 aromatic rings. The summed E-state index contributed by atoms with van der Waals surface area (Å²) >= 11 is 3.27. The van der Waals surface area contributed by atoms with Crippen molar-refractivity contribution in [3.63, 3.8) is 0 Å². The van der Waals surface area contributed by atoms with Gasteiger partial charge < -0.3 is 0 Å². The fraction of sp³-hybridized carbons (Fsp3) is 0.167. The van der Waals surface area contributed by atoms with Gasteiger partial charge in [-0.05, 0) is 35.0 Å². The minimum atomic E-state index is 0.676. The Morgan fingerprint density at radius 1 is 1.56 bits per heavy atom. The molecule has 0 aliphatic rings. The minimum Gasteiger partial charge on any atom is -0.286 e. The van der Waals surface area contributed by atoms with Gasteiger partial charge in [-0.3, -0.25) is 5.73 Å². The van der Waals surface area contributed by atoms with E-state index in [4.69, 9.17) is 5.73 Å². The van der Waals surface area contributed by atoms with Crippen LogP contribution in [0.3, 0.4) is 0 Å². The Morgan fingerprint density at radius 2 is 2.22 bits per heavy atom. The molecule has 2 nitrogen and oxygen atoms in total. The highest BCUT2D eigenvalue weighted by Crippen LogP contribution is 2.12. The van der Waals surface area contributed by atoms with E-state index in [0.717, 1.165) is 10.2 Å². The zero-order chi connectivity index (χ0) is 6.85. The number of pyridine rings is 1. The SMILES string of the molecule is Cc1ccc(Br)c(N)[nH+]1.